The fourth-order valence-corrected chi connectivity index (χ4v) is 2.58. The van der Waals surface area contributed by atoms with Crippen molar-refractivity contribution in [2.24, 2.45) is 5.10 Å². The molecule has 0 unspecified atom stereocenters. The van der Waals surface area contributed by atoms with Gasteiger partial charge in [-0.2, -0.15) is 5.10 Å². The molecular formula is C21H20N2O3. The maximum Gasteiger partial charge on any atom is 0.275 e. The molecule has 0 spiro atoms. The Morgan fingerprint density at radius 3 is 2.46 bits per heavy atom. The topological polar surface area (TPSA) is 70.9 Å². The number of fused-ring (bicyclic) bond motifs is 1. The molecule has 3 aromatic carbocycles. The summed E-state index contributed by atoms with van der Waals surface area (Å²) in [6.45, 7) is 3.89. The molecule has 3 aromatic rings. The van der Waals surface area contributed by atoms with Crippen LogP contribution >= 0.6 is 0 Å². The van der Waals surface area contributed by atoms with Crippen molar-refractivity contribution in [2.75, 3.05) is 0 Å². The third-order valence-corrected chi connectivity index (χ3v) is 3.76. The predicted octanol–water partition coefficient (Wildman–Crippen LogP) is 4.10. The quantitative estimate of drug-likeness (QED) is 0.539. The van der Waals surface area contributed by atoms with Crippen LogP contribution in [0.4, 0.5) is 0 Å². The van der Waals surface area contributed by atoms with Crippen LogP contribution in [-0.4, -0.2) is 23.3 Å². The number of rotatable bonds is 5. The Balaban J connectivity index is 1.77. The monoisotopic (exact) mass is 348 g/mol. The van der Waals surface area contributed by atoms with E-state index in [1.807, 2.05) is 62.4 Å². The van der Waals surface area contributed by atoms with Crippen LogP contribution in [-0.2, 0) is 0 Å². The first-order chi connectivity index (χ1) is 12.5. The number of ether oxygens (including phenoxy) is 1. The number of carbonyl (C=O) groups is 1. The molecule has 0 bridgehead atoms. The smallest absolute Gasteiger partial charge is 0.275 e. The Kier molecular flexibility index (Phi) is 5.17. The van der Waals surface area contributed by atoms with E-state index in [1.54, 1.807) is 12.1 Å². The van der Waals surface area contributed by atoms with Crippen molar-refractivity contribution in [2.45, 2.75) is 20.0 Å². The van der Waals surface area contributed by atoms with Crippen molar-refractivity contribution in [1.82, 2.24) is 5.43 Å². The highest BCUT2D eigenvalue weighted by molar-refractivity contribution is 6.01. The van der Waals surface area contributed by atoms with E-state index in [0.29, 0.717) is 5.75 Å². The summed E-state index contributed by atoms with van der Waals surface area (Å²) in [5.74, 6) is 0.126. The molecule has 0 aliphatic heterocycles. The molecule has 0 heterocycles. The number of hydrogen-bond acceptors (Lipinski definition) is 4. The van der Waals surface area contributed by atoms with Crippen molar-refractivity contribution in [3.05, 3.63) is 71.8 Å². The van der Waals surface area contributed by atoms with E-state index in [-0.39, 0.29) is 17.4 Å². The number of phenolic OH excluding ortho intramolecular Hbond substituents is 1. The minimum absolute atomic E-state index is 0.0358. The minimum atomic E-state index is -0.480. The van der Waals surface area contributed by atoms with Crippen LogP contribution in [0.5, 0.6) is 11.5 Å². The molecule has 0 aliphatic carbocycles. The van der Waals surface area contributed by atoms with E-state index in [0.717, 1.165) is 16.3 Å². The van der Waals surface area contributed by atoms with Gasteiger partial charge in [0, 0.05) is 5.56 Å². The van der Waals surface area contributed by atoms with Crippen LogP contribution in [0, 0.1) is 0 Å². The first-order valence-electron chi connectivity index (χ1n) is 8.35. The second kappa shape index (κ2) is 7.70. The largest absolute Gasteiger partial charge is 0.507 e. The number of carbonyl (C=O) groups excluding carboxylic acids is 1. The van der Waals surface area contributed by atoms with E-state index >= 15 is 0 Å². The molecule has 5 nitrogen and oxygen atoms in total. The summed E-state index contributed by atoms with van der Waals surface area (Å²) in [7, 11) is 0. The Bertz CT molecular complexity index is 964. The van der Waals surface area contributed by atoms with Crippen molar-refractivity contribution in [1.29, 1.82) is 0 Å². The van der Waals surface area contributed by atoms with Crippen LogP contribution in [0.15, 0.2) is 65.8 Å². The van der Waals surface area contributed by atoms with Crippen LogP contribution in [0.25, 0.3) is 10.8 Å². The number of benzene rings is 3. The highest BCUT2D eigenvalue weighted by atomic mass is 16.5. The molecule has 3 rings (SSSR count). The first kappa shape index (κ1) is 17.5. The molecule has 0 saturated carbocycles. The standard InChI is InChI=1S/C21H20N2O3/c1-14(2)26-20-10-6-5-9-17(20)13-22-23-21(25)18-11-15-7-3-4-8-16(15)12-19(18)24/h3-14,24H,1-2H3,(H,23,25)/b22-13+. The summed E-state index contributed by atoms with van der Waals surface area (Å²) in [5.41, 5.74) is 3.38. The molecule has 132 valence electrons. The van der Waals surface area contributed by atoms with Gasteiger partial charge in [-0.15, -0.1) is 0 Å². The van der Waals surface area contributed by atoms with Gasteiger partial charge < -0.3 is 9.84 Å². The number of nitrogens with one attached hydrogen (secondary N) is 1. The number of amides is 1. The van der Waals surface area contributed by atoms with Gasteiger partial charge in [0.05, 0.1) is 17.9 Å². The van der Waals surface area contributed by atoms with Gasteiger partial charge in [0.2, 0.25) is 0 Å². The van der Waals surface area contributed by atoms with Gasteiger partial charge in [0.15, 0.2) is 0 Å². The fourth-order valence-electron chi connectivity index (χ4n) is 2.58. The molecule has 0 atom stereocenters. The number of nitrogens with zero attached hydrogens (tertiary/aromatic N) is 1. The van der Waals surface area contributed by atoms with Crippen molar-refractivity contribution in [3.63, 3.8) is 0 Å². The number of hydrogen-bond donors (Lipinski definition) is 2. The Morgan fingerprint density at radius 1 is 1.08 bits per heavy atom. The Morgan fingerprint density at radius 2 is 1.73 bits per heavy atom. The zero-order valence-corrected chi connectivity index (χ0v) is 14.6. The lowest BCUT2D eigenvalue weighted by molar-refractivity contribution is 0.0952. The lowest BCUT2D eigenvalue weighted by atomic mass is 10.1. The molecule has 0 aromatic heterocycles. The molecule has 0 aliphatic rings. The maximum atomic E-state index is 12.3. The number of hydrazone groups is 1. The predicted molar refractivity (Wildman–Crippen MR) is 103 cm³/mol. The lowest BCUT2D eigenvalue weighted by Crippen LogP contribution is -2.18. The first-order valence-corrected chi connectivity index (χ1v) is 8.35. The summed E-state index contributed by atoms with van der Waals surface area (Å²) in [6, 6.07) is 18.2. The summed E-state index contributed by atoms with van der Waals surface area (Å²) >= 11 is 0. The van der Waals surface area contributed by atoms with Gasteiger partial charge in [-0.3, -0.25) is 4.79 Å². The average molecular weight is 348 g/mol. The molecule has 0 fully saturated rings. The maximum absolute atomic E-state index is 12.3. The normalized spacial score (nSPS) is 11.2. The molecule has 1 amide bonds. The van der Waals surface area contributed by atoms with Gasteiger partial charge in [-0.05, 0) is 48.9 Å². The summed E-state index contributed by atoms with van der Waals surface area (Å²) in [6.07, 6.45) is 1.56. The number of aromatic hydroxyl groups is 1. The van der Waals surface area contributed by atoms with E-state index in [9.17, 15) is 9.90 Å². The van der Waals surface area contributed by atoms with Crippen LogP contribution in [0.1, 0.15) is 29.8 Å². The van der Waals surface area contributed by atoms with E-state index < -0.39 is 5.91 Å². The third kappa shape index (κ3) is 4.00. The Hall–Kier alpha value is -3.34. The second-order valence-electron chi connectivity index (χ2n) is 6.12. The SMILES string of the molecule is CC(C)Oc1ccccc1/C=N/NC(=O)c1cc2ccccc2cc1O. The molecule has 0 saturated heterocycles. The van der Waals surface area contributed by atoms with E-state index in [4.69, 9.17) is 4.74 Å². The van der Waals surface area contributed by atoms with Gasteiger partial charge >= 0.3 is 0 Å². The number of para-hydroxylation sites is 1. The fraction of sp³-hybridized carbons (Fsp3) is 0.143. The minimum Gasteiger partial charge on any atom is -0.507 e. The van der Waals surface area contributed by atoms with E-state index in [1.165, 1.54) is 6.21 Å². The second-order valence-corrected chi connectivity index (χ2v) is 6.12. The molecule has 2 N–H and O–H groups in total. The third-order valence-electron chi connectivity index (χ3n) is 3.76. The van der Waals surface area contributed by atoms with Crippen LogP contribution < -0.4 is 10.2 Å². The summed E-state index contributed by atoms with van der Waals surface area (Å²) in [5, 5.41) is 15.8. The number of phenols is 1. The van der Waals surface area contributed by atoms with Crippen molar-refractivity contribution < 1.29 is 14.6 Å². The van der Waals surface area contributed by atoms with Crippen molar-refractivity contribution in [3.8, 4) is 11.5 Å². The lowest BCUT2D eigenvalue weighted by Gasteiger charge is -2.11. The summed E-state index contributed by atoms with van der Waals surface area (Å²) in [4.78, 5) is 12.3. The highest BCUT2D eigenvalue weighted by Gasteiger charge is 2.12. The van der Waals surface area contributed by atoms with Gasteiger partial charge in [0.25, 0.3) is 5.91 Å². The van der Waals surface area contributed by atoms with Gasteiger partial charge in [-0.25, -0.2) is 5.43 Å². The Labute approximate surface area is 151 Å². The van der Waals surface area contributed by atoms with Crippen LogP contribution in [0.3, 0.4) is 0 Å². The average Bonchev–Trinajstić information content (AvgIpc) is 2.62. The molecule has 0 radical (unpaired) electrons. The summed E-state index contributed by atoms with van der Waals surface area (Å²) < 4.78 is 5.71. The van der Waals surface area contributed by atoms with Gasteiger partial charge in [0.1, 0.15) is 11.5 Å². The zero-order valence-electron chi connectivity index (χ0n) is 14.6. The molecule has 26 heavy (non-hydrogen) atoms. The van der Waals surface area contributed by atoms with Crippen molar-refractivity contribution >= 4 is 22.9 Å². The highest BCUT2D eigenvalue weighted by Crippen LogP contribution is 2.25. The van der Waals surface area contributed by atoms with E-state index in [2.05, 4.69) is 10.5 Å². The van der Waals surface area contributed by atoms with Crippen LogP contribution in [0.2, 0.25) is 0 Å². The zero-order chi connectivity index (χ0) is 18.5. The molecular weight excluding hydrogens is 328 g/mol. The van der Waals surface area contributed by atoms with Gasteiger partial charge in [-0.1, -0.05) is 36.4 Å². The molecule has 5 heteroatoms.